The molecule has 0 amide bonds. The van der Waals surface area contributed by atoms with Gasteiger partial charge in [0.25, 0.3) is 15.0 Å². The molecule has 3 atom stereocenters. The zero-order chi connectivity index (χ0) is 17.7. The quantitative estimate of drug-likeness (QED) is 0.713. The van der Waals surface area contributed by atoms with Crippen LogP contribution in [0.1, 0.15) is 46.0 Å². The maximum atomic E-state index is 14.5. The van der Waals surface area contributed by atoms with E-state index in [-0.39, 0.29) is 32.9 Å². The highest BCUT2D eigenvalue weighted by molar-refractivity contribution is 7.90. The molecule has 2 fully saturated rings. The van der Waals surface area contributed by atoms with Crippen LogP contribution in [-0.2, 0) is 10.0 Å². The summed E-state index contributed by atoms with van der Waals surface area (Å²) in [4.78, 5) is 0. The highest BCUT2D eigenvalue weighted by Gasteiger charge is 2.72. The van der Waals surface area contributed by atoms with E-state index in [1.165, 1.54) is 0 Å². The van der Waals surface area contributed by atoms with Crippen LogP contribution in [0.25, 0.3) is 0 Å². The fourth-order valence-corrected chi connectivity index (χ4v) is 5.30. The number of rotatable bonds is 4. The summed E-state index contributed by atoms with van der Waals surface area (Å²) in [5.41, 5.74) is 0. The molecule has 1 saturated heterocycles. The van der Waals surface area contributed by atoms with Crippen LogP contribution in [0, 0.1) is 11.8 Å². The van der Waals surface area contributed by atoms with E-state index >= 15 is 0 Å². The first kappa shape index (κ1) is 18.9. The lowest BCUT2D eigenvalue weighted by molar-refractivity contribution is -0.238. The number of fused-ring (bicyclic) bond motifs is 1. The Balaban J connectivity index is 2.27. The first-order valence-corrected chi connectivity index (χ1v) is 9.20. The Labute approximate surface area is 133 Å². The van der Waals surface area contributed by atoms with E-state index in [9.17, 15) is 30.4 Å². The number of alkyl halides is 5. The first-order valence-electron chi connectivity index (χ1n) is 7.76. The molecule has 0 spiro atoms. The Kier molecular flexibility index (Phi) is 4.78. The van der Waals surface area contributed by atoms with E-state index in [4.69, 9.17) is 0 Å². The molecular formula is C14H22F5NO2S. The van der Waals surface area contributed by atoms with Gasteiger partial charge < -0.3 is 0 Å². The lowest BCUT2D eigenvalue weighted by Crippen LogP contribution is -2.62. The molecular weight excluding hydrogens is 341 g/mol. The van der Waals surface area contributed by atoms with Gasteiger partial charge in [-0.1, -0.05) is 19.3 Å². The number of piperidine rings is 1. The Hall–Kier alpha value is -0.440. The van der Waals surface area contributed by atoms with Gasteiger partial charge in [-0.2, -0.15) is 13.1 Å². The third kappa shape index (κ3) is 2.99. The van der Waals surface area contributed by atoms with E-state index < -0.39 is 26.9 Å². The molecule has 23 heavy (non-hydrogen) atoms. The predicted molar refractivity (Wildman–Crippen MR) is 75.6 cm³/mol. The number of hydrogen-bond donors (Lipinski definition) is 0. The van der Waals surface area contributed by atoms with Gasteiger partial charge in [0.2, 0.25) is 0 Å². The van der Waals surface area contributed by atoms with E-state index in [2.05, 4.69) is 0 Å². The molecule has 0 bridgehead atoms. The van der Waals surface area contributed by atoms with Crippen LogP contribution >= 0.6 is 0 Å². The van der Waals surface area contributed by atoms with Crippen molar-refractivity contribution in [3.05, 3.63) is 0 Å². The van der Waals surface area contributed by atoms with Crippen LogP contribution in [0.5, 0.6) is 0 Å². The largest absolute Gasteiger partial charge is 0.358 e. The van der Waals surface area contributed by atoms with Crippen molar-refractivity contribution in [1.82, 2.24) is 4.31 Å². The number of hydrogen-bond acceptors (Lipinski definition) is 2. The highest BCUT2D eigenvalue weighted by atomic mass is 32.2. The Morgan fingerprint density at radius 1 is 0.913 bits per heavy atom. The molecule has 0 radical (unpaired) electrons. The highest BCUT2D eigenvalue weighted by Crippen LogP contribution is 2.49. The lowest BCUT2D eigenvalue weighted by Gasteiger charge is -2.43. The minimum absolute atomic E-state index is 0.0150. The van der Waals surface area contributed by atoms with Crippen molar-refractivity contribution >= 4 is 10.0 Å². The third-order valence-corrected chi connectivity index (χ3v) is 7.43. The molecule has 3 unspecified atom stereocenters. The predicted octanol–water partition coefficient (Wildman–Crippen LogP) is 3.80. The summed E-state index contributed by atoms with van der Waals surface area (Å²) in [6, 6.07) is 0. The minimum Gasteiger partial charge on any atom is -0.218 e. The molecule has 0 aromatic rings. The van der Waals surface area contributed by atoms with E-state index in [1.807, 2.05) is 0 Å². The van der Waals surface area contributed by atoms with Gasteiger partial charge in [0.15, 0.2) is 0 Å². The minimum atomic E-state index is -5.32. The molecule has 1 heterocycles. The third-order valence-electron chi connectivity index (χ3n) is 5.19. The fourth-order valence-electron chi connectivity index (χ4n) is 3.58. The number of sulfonamides is 1. The summed E-state index contributed by atoms with van der Waals surface area (Å²) >= 11 is 0. The van der Waals surface area contributed by atoms with Gasteiger partial charge in [0.05, 0.1) is 0 Å². The van der Waals surface area contributed by atoms with Crippen molar-refractivity contribution in [3.63, 3.8) is 0 Å². The standard InChI is InChI=1S/C14H22F5NO2S/c1-12(15,16)14(18,19)13(2,17)23(21,22)20-8-7-10-5-3-4-6-11(10)9-20/h10-11H,3-9H2,1-2H3. The zero-order valence-corrected chi connectivity index (χ0v) is 14.0. The molecule has 2 rings (SSSR count). The smallest absolute Gasteiger partial charge is 0.218 e. The number of nitrogens with zero attached hydrogens (tertiary/aromatic N) is 1. The Morgan fingerprint density at radius 2 is 1.43 bits per heavy atom. The van der Waals surface area contributed by atoms with Crippen LogP contribution in [0.3, 0.4) is 0 Å². The molecule has 0 aromatic carbocycles. The molecule has 2 aliphatic rings. The number of halogens is 5. The monoisotopic (exact) mass is 363 g/mol. The maximum absolute atomic E-state index is 14.5. The van der Waals surface area contributed by atoms with Crippen molar-refractivity contribution in [2.75, 3.05) is 13.1 Å². The SMILES string of the molecule is CC(F)(F)C(F)(F)C(C)(F)S(=O)(=O)N1CCC2CCCCC2C1. The van der Waals surface area contributed by atoms with Crippen molar-refractivity contribution < 1.29 is 30.4 Å². The van der Waals surface area contributed by atoms with Crippen LogP contribution in [-0.4, -0.2) is 42.7 Å². The van der Waals surface area contributed by atoms with Gasteiger partial charge >= 0.3 is 11.8 Å². The molecule has 0 aromatic heterocycles. The molecule has 9 heteroatoms. The second kappa shape index (κ2) is 5.82. The molecule has 1 saturated carbocycles. The molecule has 136 valence electrons. The topological polar surface area (TPSA) is 37.4 Å². The van der Waals surface area contributed by atoms with Gasteiger partial charge in [-0.3, -0.25) is 0 Å². The van der Waals surface area contributed by atoms with E-state index in [0.29, 0.717) is 16.6 Å². The van der Waals surface area contributed by atoms with Gasteiger partial charge in [-0.05, 0) is 31.6 Å². The van der Waals surface area contributed by atoms with Crippen LogP contribution in [0.2, 0.25) is 0 Å². The van der Waals surface area contributed by atoms with E-state index in [0.717, 1.165) is 25.7 Å². The molecule has 0 N–H and O–H groups in total. The Bertz CT molecular complexity index is 544. The summed E-state index contributed by atoms with van der Waals surface area (Å²) in [5, 5.41) is -4.36. The van der Waals surface area contributed by atoms with Crippen molar-refractivity contribution in [1.29, 1.82) is 0 Å². The summed E-state index contributed by atoms with van der Waals surface area (Å²) in [6.45, 7) is -0.313. The lowest BCUT2D eigenvalue weighted by atomic mass is 9.76. The summed E-state index contributed by atoms with van der Waals surface area (Å²) in [6.07, 6.45) is 4.09. The maximum Gasteiger partial charge on any atom is 0.358 e. The average Bonchev–Trinajstić information content (AvgIpc) is 2.45. The normalized spacial score (nSPS) is 30.6. The van der Waals surface area contributed by atoms with Crippen molar-refractivity contribution in [3.8, 4) is 0 Å². The molecule has 1 aliphatic heterocycles. The van der Waals surface area contributed by atoms with E-state index in [1.54, 1.807) is 0 Å². The van der Waals surface area contributed by atoms with Gasteiger partial charge in [0, 0.05) is 20.0 Å². The van der Waals surface area contributed by atoms with Gasteiger partial charge in [0.1, 0.15) is 0 Å². The van der Waals surface area contributed by atoms with Gasteiger partial charge in [-0.15, -0.1) is 0 Å². The second-order valence-electron chi connectivity index (χ2n) is 6.84. The summed E-state index contributed by atoms with van der Waals surface area (Å²) in [5.74, 6) is -9.82. The van der Waals surface area contributed by atoms with Crippen LogP contribution in [0.4, 0.5) is 22.0 Å². The summed E-state index contributed by atoms with van der Waals surface area (Å²) < 4.78 is 93.5. The fraction of sp³-hybridized carbons (Fsp3) is 1.00. The van der Waals surface area contributed by atoms with Gasteiger partial charge in [-0.25, -0.2) is 21.6 Å². The molecule has 1 aliphatic carbocycles. The summed E-state index contributed by atoms with van der Waals surface area (Å²) in [7, 11) is -5.22. The average molecular weight is 363 g/mol. The van der Waals surface area contributed by atoms with Crippen LogP contribution in [0.15, 0.2) is 0 Å². The Morgan fingerprint density at radius 3 is 1.96 bits per heavy atom. The molecule has 3 nitrogen and oxygen atoms in total. The van der Waals surface area contributed by atoms with Crippen molar-refractivity contribution in [2.45, 2.75) is 62.8 Å². The zero-order valence-electron chi connectivity index (χ0n) is 13.2. The first-order chi connectivity index (χ1) is 10.3. The van der Waals surface area contributed by atoms with Crippen molar-refractivity contribution in [2.24, 2.45) is 11.8 Å². The van der Waals surface area contributed by atoms with Crippen LogP contribution < -0.4 is 0 Å². The second-order valence-corrected chi connectivity index (χ2v) is 9.07.